The summed E-state index contributed by atoms with van der Waals surface area (Å²) in [5.74, 6) is 0.0288. The first-order valence-corrected chi connectivity index (χ1v) is 7.97. The maximum Gasteiger partial charge on any atom is 0.341 e. The number of benzene rings is 2. The summed E-state index contributed by atoms with van der Waals surface area (Å²) in [6, 6.07) is 14.4. The molecule has 0 atom stereocenters. The Morgan fingerprint density at radius 2 is 1.88 bits per heavy atom. The van der Waals surface area contributed by atoms with E-state index in [-0.39, 0.29) is 5.91 Å². The van der Waals surface area contributed by atoms with Crippen LogP contribution in [0.15, 0.2) is 48.5 Å². The van der Waals surface area contributed by atoms with Gasteiger partial charge in [-0.3, -0.25) is 4.79 Å². The van der Waals surface area contributed by atoms with Gasteiger partial charge in [0.15, 0.2) is 6.61 Å². The molecule has 132 valence electrons. The van der Waals surface area contributed by atoms with E-state index in [1.807, 2.05) is 31.2 Å². The molecule has 0 saturated carbocycles. The molecule has 0 unspecified atom stereocenters. The summed E-state index contributed by atoms with van der Waals surface area (Å²) in [7, 11) is 0. The number of para-hydroxylation sites is 1. The average Bonchev–Trinajstić information content (AvgIpc) is 2.59. The molecule has 0 aliphatic rings. The Morgan fingerprint density at radius 1 is 1.08 bits per heavy atom. The summed E-state index contributed by atoms with van der Waals surface area (Å²) in [5.41, 5.74) is 1.62. The van der Waals surface area contributed by atoms with Crippen LogP contribution >= 0.6 is 0 Å². The molecule has 2 N–H and O–H groups in total. The zero-order valence-corrected chi connectivity index (χ0v) is 14.0. The van der Waals surface area contributed by atoms with Crippen LogP contribution in [0.1, 0.15) is 18.4 Å². The normalized spacial score (nSPS) is 10.1. The Morgan fingerprint density at radius 3 is 2.64 bits per heavy atom. The number of amides is 1. The maximum atomic E-state index is 12.0. The molecule has 2 rings (SSSR count). The largest absolute Gasteiger partial charge is 0.493 e. The van der Waals surface area contributed by atoms with Gasteiger partial charge >= 0.3 is 5.97 Å². The molecular weight excluding hydrogens is 322 g/mol. The van der Waals surface area contributed by atoms with Crippen LogP contribution in [0, 0.1) is 6.92 Å². The van der Waals surface area contributed by atoms with Gasteiger partial charge in [0.25, 0.3) is 0 Å². The van der Waals surface area contributed by atoms with E-state index in [4.69, 9.17) is 14.6 Å². The van der Waals surface area contributed by atoms with Gasteiger partial charge in [0, 0.05) is 18.2 Å². The molecule has 0 fully saturated rings. The van der Waals surface area contributed by atoms with Gasteiger partial charge in [-0.2, -0.15) is 0 Å². The highest BCUT2D eigenvalue weighted by atomic mass is 16.5. The second-order valence-electron chi connectivity index (χ2n) is 5.48. The number of rotatable bonds is 9. The fourth-order valence-electron chi connectivity index (χ4n) is 2.17. The molecule has 0 radical (unpaired) electrons. The lowest BCUT2D eigenvalue weighted by atomic mass is 10.2. The van der Waals surface area contributed by atoms with Crippen molar-refractivity contribution in [3.8, 4) is 11.5 Å². The van der Waals surface area contributed by atoms with E-state index in [9.17, 15) is 9.59 Å². The fraction of sp³-hybridized carbons (Fsp3) is 0.263. The van der Waals surface area contributed by atoms with Crippen molar-refractivity contribution in [1.29, 1.82) is 0 Å². The van der Waals surface area contributed by atoms with Crippen LogP contribution in [0.3, 0.4) is 0 Å². The van der Waals surface area contributed by atoms with Crippen LogP contribution in [-0.2, 0) is 9.59 Å². The summed E-state index contributed by atoms with van der Waals surface area (Å²) in [6.45, 7) is 2.01. The molecule has 0 aromatic heterocycles. The molecule has 1 amide bonds. The lowest BCUT2D eigenvalue weighted by Crippen LogP contribution is -2.13. The topological polar surface area (TPSA) is 84.9 Å². The molecule has 0 spiro atoms. The van der Waals surface area contributed by atoms with Crippen LogP contribution in [-0.4, -0.2) is 30.2 Å². The van der Waals surface area contributed by atoms with Crippen molar-refractivity contribution in [1.82, 2.24) is 0 Å². The van der Waals surface area contributed by atoms with Crippen LogP contribution in [0.5, 0.6) is 11.5 Å². The Bertz CT molecular complexity index is 729. The molecule has 0 aliphatic carbocycles. The highest BCUT2D eigenvalue weighted by Gasteiger charge is 2.05. The molecule has 0 heterocycles. The van der Waals surface area contributed by atoms with Gasteiger partial charge < -0.3 is 19.9 Å². The minimum atomic E-state index is -1.05. The molecule has 25 heavy (non-hydrogen) atoms. The molecule has 0 saturated heterocycles. The number of carbonyl (C=O) groups excluding carboxylic acids is 1. The smallest absolute Gasteiger partial charge is 0.341 e. The lowest BCUT2D eigenvalue weighted by Gasteiger charge is -2.10. The quantitative estimate of drug-likeness (QED) is 0.683. The zero-order chi connectivity index (χ0) is 18.1. The van der Waals surface area contributed by atoms with E-state index in [0.717, 1.165) is 11.3 Å². The standard InChI is InChI=1S/C19H21NO5/c1-14-6-2-3-9-17(14)24-11-5-10-18(21)20-15-7-4-8-16(12-15)25-13-19(22)23/h2-4,6-9,12H,5,10-11,13H2,1H3,(H,20,21)(H,22,23). The van der Waals surface area contributed by atoms with Gasteiger partial charge in [0.2, 0.25) is 5.91 Å². The summed E-state index contributed by atoms with van der Waals surface area (Å²) < 4.78 is 10.7. The number of anilines is 1. The van der Waals surface area contributed by atoms with Crippen molar-refractivity contribution >= 4 is 17.6 Å². The van der Waals surface area contributed by atoms with Crippen LogP contribution in [0.4, 0.5) is 5.69 Å². The number of hydrogen-bond acceptors (Lipinski definition) is 4. The van der Waals surface area contributed by atoms with Gasteiger partial charge in [-0.05, 0) is 37.1 Å². The molecule has 2 aromatic rings. The summed E-state index contributed by atoms with van der Waals surface area (Å²) >= 11 is 0. The first-order chi connectivity index (χ1) is 12.0. The van der Waals surface area contributed by atoms with E-state index >= 15 is 0 Å². The second-order valence-corrected chi connectivity index (χ2v) is 5.48. The summed E-state index contributed by atoms with van der Waals surface area (Å²) in [5, 5.41) is 11.4. The van der Waals surface area contributed by atoms with Crippen molar-refractivity contribution in [2.75, 3.05) is 18.5 Å². The monoisotopic (exact) mass is 343 g/mol. The minimum Gasteiger partial charge on any atom is -0.493 e. The van der Waals surface area contributed by atoms with Crippen LogP contribution in [0.25, 0.3) is 0 Å². The van der Waals surface area contributed by atoms with Gasteiger partial charge in [0.1, 0.15) is 11.5 Å². The summed E-state index contributed by atoms with van der Waals surface area (Å²) in [6.07, 6.45) is 0.918. The maximum absolute atomic E-state index is 12.0. The molecular formula is C19H21NO5. The average molecular weight is 343 g/mol. The molecule has 6 heteroatoms. The third-order valence-corrected chi connectivity index (χ3v) is 3.38. The first kappa shape index (κ1) is 18.3. The number of nitrogens with one attached hydrogen (secondary N) is 1. The number of carboxylic acids is 1. The second kappa shape index (κ2) is 9.32. The predicted molar refractivity (Wildman–Crippen MR) is 94.1 cm³/mol. The Hall–Kier alpha value is -3.02. The number of aliphatic carboxylic acids is 1. The van der Waals surface area contributed by atoms with E-state index in [0.29, 0.717) is 30.9 Å². The highest BCUT2D eigenvalue weighted by Crippen LogP contribution is 2.18. The van der Waals surface area contributed by atoms with Crippen LogP contribution < -0.4 is 14.8 Å². The number of hydrogen-bond donors (Lipinski definition) is 2. The van der Waals surface area contributed by atoms with Crippen molar-refractivity contribution in [2.24, 2.45) is 0 Å². The van der Waals surface area contributed by atoms with Crippen LogP contribution in [0.2, 0.25) is 0 Å². The van der Waals surface area contributed by atoms with Gasteiger partial charge in [-0.15, -0.1) is 0 Å². The van der Waals surface area contributed by atoms with E-state index in [2.05, 4.69) is 5.32 Å². The molecule has 0 bridgehead atoms. The number of aryl methyl sites for hydroxylation is 1. The van der Waals surface area contributed by atoms with E-state index in [1.165, 1.54) is 0 Å². The van der Waals surface area contributed by atoms with Gasteiger partial charge in [-0.25, -0.2) is 4.79 Å². The van der Waals surface area contributed by atoms with Gasteiger partial charge in [-0.1, -0.05) is 24.3 Å². The van der Waals surface area contributed by atoms with Gasteiger partial charge in [0.05, 0.1) is 6.61 Å². The number of carbonyl (C=O) groups is 2. The molecule has 6 nitrogen and oxygen atoms in total. The Balaban J connectivity index is 1.74. The number of carboxylic acid groups (broad SMARTS) is 1. The van der Waals surface area contributed by atoms with Crippen molar-refractivity contribution in [2.45, 2.75) is 19.8 Å². The third kappa shape index (κ3) is 6.55. The van der Waals surface area contributed by atoms with Crippen molar-refractivity contribution in [3.63, 3.8) is 0 Å². The van der Waals surface area contributed by atoms with E-state index < -0.39 is 12.6 Å². The summed E-state index contributed by atoms with van der Waals surface area (Å²) in [4.78, 5) is 22.5. The number of ether oxygens (including phenoxy) is 2. The Kier molecular flexibility index (Phi) is 6.83. The zero-order valence-electron chi connectivity index (χ0n) is 14.0. The van der Waals surface area contributed by atoms with Crippen molar-refractivity contribution < 1.29 is 24.2 Å². The molecule has 2 aromatic carbocycles. The van der Waals surface area contributed by atoms with E-state index in [1.54, 1.807) is 24.3 Å². The lowest BCUT2D eigenvalue weighted by molar-refractivity contribution is -0.139. The van der Waals surface area contributed by atoms with Crippen molar-refractivity contribution in [3.05, 3.63) is 54.1 Å². The third-order valence-electron chi connectivity index (χ3n) is 3.38. The minimum absolute atomic E-state index is 0.135. The predicted octanol–water partition coefficient (Wildman–Crippen LogP) is 3.26. The molecule has 0 aliphatic heterocycles. The SMILES string of the molecule is Cc1ccccc1OCCCC(=O)Nc1cccc(OCC(=O)O)c1. The highest BCUT2D eigenvalue weighted by molar-refractivity contribution is 5.90. The fourth-order valence-corrected chi connectivity index (χ4v) is 2.17. The Labute approximate surface area is 146 Å². The first-order valence-electron chi connectivity index (χ1n) is 7.97.